The normalized spacial score (nSPS) is 23.7. The number of urea groups is 1. The van der Waals surface area contributed by atoms with Crippen LogP contribution >= 0.6 is 0 Å². The van der Waals surface area contributed by atoms with Crippen LogP contribution in [0.2, 0.25) is 0 Å². The highest BCUT2D eigenvalue weighted by molar-refractivity contribution is 5.89. The monoisotopic (exact) mass is 277 g/mol. The molecule has 1 aromatic carbocycles. The molecule has 0 radical (unpaired) electrons. The summed E-state index contributed by atoms with van der Waals surface area (Å²) in [5, 5.41) is 16.0. The standard InChI is InChI=1S/C15H23N3O2/c1-11(16-3)12-5-4-6-13(9-12)17-14(19)18-8-7-15(2,20)10-18/h4-6,9,11,16,20H,7-8,10H2,1-3H3,(H,17,19). The quantitative estimate of drug-likeness (QED) is 0.791. The van der Waals surface area contributed by atoms with E-state index in [1.165, 1.54) is 0 Å². The molecule has 3 N–H and O–H groups in total. The largest absolute Gasteiger partial charge is 0.388 e. The smallest absolute Gasteiger partial charge is 0.321 e. The van der Waals surface area contributed by atoms with Crippen LogP contribution in [0.25, 0.3) is 0 Å². The zero-order valence-electron chi connectivity index (χ0n) is 12.3. The number of aliphatic hydroxyl groups is 1. The first kappa shape index (κ1) is 14.8. The van der Waals surface area contributed by atoms with Crippen molar-refractivity contribution in [3.05, 3.63) is 29.8 Å². The van der Waals surface area contributed by atoms with Crippen LogP contribution in [0, 0.1) is 0 Å². The molecule has 5 nitrogen and oxygen atoms in total. The highest BCUT2D eigenvalue weighted by Gasteiger charge is 2.33. The first-order valence-corrected chi connectivity index (χ1v) is 6.97. The van der Waals surface area contributed by atoms with Gasteiger partial charge in [-0.05, 0) is 45.0 Å². The molecule has 1 saturated heterocycles. The number of rotatable bonds is 3. The molecule has 5 heteroatoms. The van der Waals surface area contributed by atoms with Gasteiger partial charge >= 0.3 is 6.03 Å². The van der Waals surface area contributed by atoms with Gasteiger partial charge in [-0.2, -0.15) is 0 Å². The van der Waals surface area contributed by atoms with Crippen LogP contribution in [0.1, 0.15) is 31.9 Å². The van der Waals surface area contributed by atoms with E-state index in [9.17, 15) is 9.90 Å². The Kier molecular flexibility index (Phi) is 4.30. The fourth-order valence-corrected chi connectivity index (χ4v) is 2.37. The van der Waals surface area contributed by atoms with Crippen molar-refractivity contribution in [1.29, 1.82) is 0 Å². The summed E-state index contributed by atoms with van der Waals surface area (Å²) in [6.45, 7) is 4.80. The Morgan fingerprint density at radius 3 is 2.85 bits per heavy atom. The Labute approximate surface area is 120 Å². The van der Waals surface area contributed by atoms with Gasteiger partial charge < -0.3 is 20.6 Å². The van der Waals surface area contributed by atoms with Crippen molar-refractivity contribution in [1.82, 2.24) is 10.2 Å². The molecule has 2 atom stereocenters. The van der Waals surface area contributed by atoms with Crippen LogP contribution < -0.4 is 10.6 Å². The fourth-order valence-electron chi connectivity index (χ4n) is 2.37. The molecule has 0 aliphatic carbocycles. The molecule has 1 aromatic rings. The molecule has 110 valence electrons. The van der Waals surface area contributed by atoms with Gasteiger partial charge in [-0.3, -0.25) is 0 Å². The highest BCUT2D eigenvalue weighted by atomic mass is 16.3. The predicted octanol–water partition coefficient (Wildman–Crippen LogP) is 1.96. The Morgan fingerprint density at radius 1 is 1.50 bits per heavy atom. The van der Waals surface area contributed by atoms with E-state index in [4.69, 9.17) is 0 Å². The summed E-state index contributed by atoms with van der Waals surface area (Å²) in [4.78, 5) is 13.8. The lowest BCUT2D eigenvalue weighted by atomic mass is 10.1. The molecule has 1 aliphatic heterocycles. The molecule has 0 aromatic heterocycles. The lowest BCUT2D eigenvalue weighted by molar-refractivity contribution is 0.0727. The van der Waals surface area contributed by atoms with Crippen LogP contribution in [-0.2, 0) is 0 Å². The third kappa shape index (κ3) is 3.49. The van der Waals surface area contributed by atoms with E-state index >= 15 is 0 Å². The number of hydrogen-bond donors (Lipinski definition) is 3. The predicted molar refractivity (Wildman–Crippen MR) is 79.7 cm³/mol. The number of β-amino-alcohol motifs (C(OH)–C–C–N with tert-alkyl or cyclic N) is 1. The molecule has 2 unspecified atom stereocenters. The summed E-state index contributed by atoms with van der Waals surface area (Å²) in [6.07, 6.45) is 0.622. The van der Waals surface area contributed by atoms with Gasteiger partial charge in [0.25, 0.3) is 0 Å². The number of nitrogens with zero attached hydrogens (tertiary/aromatic N) is 1. The third-order valence-electron chi connectivity index (χ3n) is 3.81. The van der Waals surface area contributed by atoms with Crippen molar-refractivity contribution in [3.63, 3.8) is 0 Å². The summed E-state index contributed by atoms with van der Waals surface area (Å²) < 4.78 is 0. The lowest BCUT2D eigenvalue weighted by Crippen LogP contribution is -2.36. The number of benzene rings is 1. The maximum atomic E-state index is 12.1. The summed E-state index contributed by atoms with van der Waals surface area (Å²) in [6, 6.07) is 7.87. The molecule has 1 aliphatic rings. The topological polar surface area (TPSA) is 64.6 Å². The van der Waals surface area contributed by atoms with E-state index in [1.54, 1.807) is 11.8 Å². The van der Waals surface area contributed by atoms with Crippen LogP contribution in [-0.4, -0.2) is 41.8 Å². The average Bonchev–Trinajstić information content (AvgIpc) is 2.78. The van der Waals surface area contributed by atoms with E-state index in [0.717, 1.165) is 11.3 Å². The van der Waals surface area contributed by atoms with E-state index < -0.39 is 5.60 Å². The summed E-state index contributed by atoms with van der Waals surface area (Å²) in [5.41, 5.74) is 1.14. The molecule has 1 heterocycles. The maximum Gasteiger partial charge on any atom is 0.321 e. The minimum absolute atomic E-state index is 0.156. The lowest BCUT2D eigenvalue weighted by Gasteiger charge is -2.20. The summed E-state index contributed by atoms with van der Waals surface area (Å²) in [5.74, 6) is 0. The van der Waals surface area contributed by atoms with Gasteiger partial charge in [-0.1, -0.05) is 12.1 Å². The second kappa shape index (κ2) is 5.81. The minimum atomic E-state index is -0.764. The first-order valence-electron chi connectivity index (χ1n) is 6.97. The van der Waals surface area contributed by atoms with Crippen molar-refractivity contribution in [2.45, 2.75) is 31.9 Å². The van der Waals surface area contributed by atoms with E-state index in [0.29, 0.717) is 19.5 Å². The Hall–Kier alpha value is -1.59. The van der Waals surface area contributed by atoms with Crippen LogP contribution in [0.5, 0.6) is 0 Å². The van der Waals surface area contributed by atoms with Crippen molar-refractivity contribution in [2.24, 2.45) is 0 Å². The molecule has 2 rings (SSSR count). The summed E-state index contributed by atoms with van der Waals surface area (Å²) >= 11 is 0. The third-order valence-corrected chi connectivity index (χ3v) is 3.81. The number of hydrogen-bond acceptors (Lipinski definition) is 3. The maximum absolute atomic E-state index is 12.1. The van der Waals surface area contributed by atoms with Crippen molar-refractivity contribution >= 4 is 11.7 Å². The van der Waals surface area contributed by atoms with Crippen molar-refractivity contribution < 1.29 is 9.90 Å². The number of amides is 2. The molecule has 20 heavy (non-hydrogen) atoms. The van der Waals surface area contributed by atoms with Crippen molar-refractivity contribution in [3.8, 4) is 0 Å². The Bertz CT molecular complexity index is 488. The molecular weight excluding hydrogens is 254 g/mol. The van der Waals surface area contributed by atoms with Gasteiger partial charge in [-0.15, -0.1) is 0 Å². The fraction of sp³-hybridized carbons (Fsp3) is 0.533. The Morgan fingerprint density at radius 2 is 2.25 bits per heavy atom. The number of carbonyl (C=O) groups is 1. The number of likely N-dealkylation sites (tertiary alicyclic amines) is 1. The van der Waals surface area contributed by atoms with Gasteiger partial charge in [0.15, 0.2) is 0 Å². The molecule has 0 saturated carbocycles. The van der Waals surface area contributed by atoms with Gasteiger partial charge in [0, 0.05) is 18.3 Å². The molecule has 0 spiro atoms. The van der Waals surface area contributed by atoms with Crippen LogP contribution in [0.3, 0.4) is 0 Å². The molecule has 1 fully saturated rings. The molecule has 0 bridgehead atoms. The number of nitrogens with one attached hydrogen (secondary N) is 2. The SMILES string of the molecule is CNC(C)c1cccc(NC(=O)N2CCC(C)(O)C2)c1. The van der Waals surface area contributed by atoms with E-state index in [1.807, 2.05) is 31.3 Å². The van der Waals surface area contributed by atoms with Gasteiger partial charge in [-0.25, -0.2) is 4.79 Å². The zero-order valence-corrected chi connectivity index (χ0v) is 12.3. The van der Waals surface area contributed by atoms with Gasteiger partial charge in [0.2, 0.25) is 0 Å². The second-order valence-electron chi connectivity index (χ2n) is 5.73. The van der Waals surface area contributed by atoms with E-state index in [-0.39, 0.29) is 12.1 Å². The van der Waals surface area contributed by atoms with Crippen LogP contribution in [0.4, 0.5) is 10.5 Å². The van der Waals surface area contributed by atoms with Gasteiger partial charge in [0.05, 0.1) is 12.1 Å². The van der Waals surface area contributed by atoms with E-state index in [2.05, 4.69) is 17.6 Å². The molecular formula is C15H23N3O2. The minimum Gasteiger partial charge on any atom is -0.388 e. The summed E-state index contributed by atoms with van der Waals surface area (Å²) in [7, 11) is 1.90. The van der Waals surface area contributed by atoms with Crippen molar-refractivity contribution in [2.75, 3.05) is 25.5 Å². The molecule has 2 amide bonds. The second-order valence-corrected chi connectivity index (χ2v) is 5.73. The Balaban J connectivity index is 2.01. The number of anilines is 1. The highest BCUT2D eigenvalue weighted by Crippen LogP contribution is 2.22. The number of carbonyl (C=O) groups excluding carboxylic acids is 1. The van der Waals surface area contributed by atoms with Crippen LogP contribution in [0.15, 0.2) is 24.3 Å². The van der Waals surface area contributed by atoms with Gasteiger partial charge in [0.1, 0.15) is 0 Å². The average molecular weight is 277 g/mol. The zero-order chi connectivity index (χ0) is 14.8. The first-order chi connectivity index (χ1) is 9.41.